The third-order valence-electron chi connectivity index (χ3n) is 5.26. The number of alkyl halides is 1. The molecule has 33 heavy (non-hydrogen) atoms. The van der Waals surface area contributed by atoms with Crippen LogP contribution in [0.5, 0.6) is 0 Å². The van der Waals surface area contributed by atoms with Gasteiger partial charge >= 0.3 is 11.7 Å². The van der Waals surface area contributed by atoms with Gasteiger partial charge in [-0.3, -0.25) is 4.57 Å². The van der Waals surface area contributed by atoms with Gasteiger partial charge in [-0.05, 0) is 61.9 Å². The first-order valence-electron chi connectivity index (χ1n) is 10.3. The van der Waals surface area contributed by atoms with E-state index in [9.17, 15) is 14.0 Å². The minimum absolute atomic E-state index is 0.334. The Hall–Kier alpha value is -4.45. The number of imidazole rings is 1. The molecule has 2 heterocycles. The molecule has 2 aromatic heterocycles. The molecule has 2 aromatic carbocycles. The van der Waals surface area contributed by atoms with Crippen molar-refractivity contribution in [1.82, 2.24) is 24.2 Å². The molecule has 1 amide bonds. The molecule has 0 saturated carbocycles. The summed E-state index contributed by atoms with van der Waals surface area (Å²) in [5, 5.41) is 16.1. The van der Waals surface area contributed by atoms with Crippen molar-refractivity contribution in [3.05, 3.63) is 88.1 Å². The summed E-state index contributed by atoms with van der Waals surface area (Å²) in [5.74, 6) is 0. The van der Waals surface area contributed by atoms with E-state index in [-0.39, 0.29) is 0 Å². The molecule has 0 atom stereocenters. The molecule has 0 saturated heterocycles. The standard InChI is InChI=1S/C24H21FN6O2/c1-3-27-23(32)30-22(16(2)29(24(30)33)20-6-4-5-18(13-20)14-25)21-11-12-28-31(21)19-9-7-17(15-26)8-10-19/h4-13H,3,14H2,1-2H3,(H,27,32). The maximum Gasteiger partial charge on any atom is 0.341 e. The zero-order chi connectivity index (χ0) is 23.5. The number of hydrogen-bond acceptors (Lipinski definition) is 4. The second-order valence-corrected chi connectivity index (χ2v) is 7.31. The van der Waals surface area contributed by atoms with E-state index in [1.165, 1.54) is 4.57 Å². The number of nitrogens with zero attached hydrogens (tertiary/aromatic N) is 5. The number of nitrogens with one attached hydrogen (secondary N) is 1. The minimum Gasteiger partial charge on any atom is -0.338 e. The Balaban J connectivity index is 1.98. The van der Waals surface area contributed by atoms with Crippen molar-refractivity contribution in [2.24, 2.45) is 0 Å². The molecule has 4 rings (SSSR count). The normalized spacial score (nSPS) is 10.7. The number of nitriles is 1. The van der Waals surface area contributed by atoms with Crippen molar-refractivity contribution in [2.45, 2.75) is 20.5 Å². The Bertz CT molecular complexity index is 1420. The zero-order valence-corrected chi connectivity index (χ0v) is 18.1. The Morgan fingerprint density at radius 1 is 1.15 bits per heavy atom. The molecule has 0 bridgehead atoms. The van der Waals surface area contributed by atoms with Gasteiger partial charge in [0.25, 0.3) is 0 Å². The van der Waals surface area contributed by atoms with Crippen molar-refractivity contribution >= 4 is 6.03 Å². The molecule has 166 valence electrons. The first-order valence-corrected chi connectivity index (χ1v) is 10.3. The lowest BCUT2D eigenvalue weighted by molar-refractivity contribution is 0.242. The van der Waals surface area contributed by atoms with E-state index in [2.05, 4.69) is 16.5 Å². The van der Waals surface area contributed by atoms with E-state index in [1.807, 2.05) is 0 Å². The van der Waals surface area contributed by atoms with Crippen LogP contribution in [0.4, 0.5) is 9.18 Å². The lowest BCUT2D eigenvalue weighted by atomic mass is 10.2. The van der Waals surface area contributed by atoms with E-state index < -0.39 is 18.4 Å². The van der Waals surface area contributed by atoms with Crippen LogP contribution in [0.2, 0.25) is 0 Å². The fraction of sp³-hybridized carbons (Fsp3) is 0.167. The summed E-state index contributed by atoms with van der Waals surface area (Å²) in [6.45, 7) is 3.15. The quantitative estimate of drug-likeness (QED) is 0.507. The van der Waals surface area contributed by atoms with Gasteiger partial charge in [0.2, 0.25) is 0 Å². The number of hydrogen-bond donors (Lipinski definition) is 1. The highest BCUT2D eigenvalue weighted by Gasteiger charge is 2.26. The summed E-state index contributed by atoms with van der Waals surface area (Å²) in [6.07, 6.45) is 1.57. The molecule has 0 unspecified atom stereocenters. The molecule has 0 aliphatic carbocycles. The molecule has 4 aromatic rings. The molecule has 0 radical (unpaired) electrons. The highest BCUT2D eigenvalue weighted by Crippen LogP contribution is 2.27. The zero-order valence-electron chi connectivity index (χ0n) is 18.1. The van der Waals surface area contributed by atoms with Gasteiger partial charge in [-0.25, -0.2) is 23.2 Å². The predicted octanol–water partition coefficient (Wildman–Crippen LogP) is 3.72. The summed E-state index contributed by atoms with van der Waals surface area (Å²) < 4.78 is 17.3. The van der Waals surface area contributed by atoms with E-state index in [4.69, 9.17) is 5.26 Å². The van der Waals surface area contributed by atoms with Gasteiger partial charge in [-0.1, -0.05) is 12.1 Å². The van der Waals surface area contributed by atoms with Crippen LogP contribution in [-0.4, -0.2) is 31.5 Å². The number of halogens is 1. The van der Waals surface area contributed by atoms with Crippen molar-refractivity contribution in [1.29, 1.82) is 5.26 Å². The fourth-order valence-electron chi connectivity index (χ4n) is 3.77. The third kappa shape index (κ3) is 3.83. The van der Waals surface area contributed by atoms with Gasteiger partial charge in [0.15, 0.2) is 0 Å². The topological polar surface area (TPSA) is 97.6 Å². The number of carbonyl (C=O) groups is 1. The van der Waals surface area contributed by atoms with Crippen molar-refractivity contribution < 1.29 is 9.18 Å². The number of carbonyl (C=O) groups excluding carboxylic acids is 1. The highest BCUT2D eigenvalue weighted by atomic mass is 19.1. The molecule has 0 fully saturated rings. The largest absolute Gasteiger partial charge is 0.341 e. The number of amides is 1. The second kappa shape index (κ2) is 8.96. The first-order chi connectivity index (χ1) is 16.0. The van der Waals surface area contributed by atoms with Gasteiger partial charge in [0.1, 0.15) is 12.4 Å². The van der Waals surface area contributed by atoms with Gasteiger partial charge in [-0.2, -0.15) is 10.4 Å². The molecule has 0 spiro atoms. The van der Waals surface area contributed by atoms with E-state index in [0.717, 1.165) is 4.57 Å². The molecular weight excluding hydrogens is 423 g/mol. The number of rotatable bonds is 5. The number of benzene rings is 2. The lowest BCUT2D eigenvalue weighted by Crippen LogP contribution is -2.37. The number of aromatic nitrogens is 4. The fourth-order valence-corrected chi connectivity index (χ4v) is 3.77. The third-order valence-corrected chi connectivity index (χ3v) is 5.26. The predicted molar refractivity (Wildman–Crippen MR) is 121 cm³/mol. The minimum atomic E-state index is -0.670. The summed E-state index contributed by atoms with van der Waals surface area (Å²) in [6, 6.07) is 16.6. The van der Waals surface area contributed by atoms with Crippen LogP contribution in [0.3, 0.4) is 0 Å². The van der Waals surface area contributed by atoms with Gasteiger partial charge < -0.3 is 5.32 Å². The Morgan fingerprint density at radius 3 is 2.58 bits per heavy atom. The first kappa shape index (κ1) is 21.8. The van der Waals surface area contributed by atoms with Crippen LogP contribution >= 0.6 is 0 Å². The van der Waals surface area contributed by atoms with Crippen molar-refractivity contribution in [3.8, 4) is 28.8 Å². The summed E-state index contributed by atoms with van der Waals surface area (Å²) in [5.41, 5.74) is 2.85. The molecular formula is C24H21FN6O2. The summed E-state index contributed by atoms with van der Waals surface area (Å²) in [4.78, 5) is 26.4. The molecule has 9 heteroatoms. The molecule has 1 N–H and O–H groups in total. The molecule has 8 nitrogen and oxygen atoms in total. The van der Waals surface area contributed by atoms with Crippen LogP contribution in [0, 0.1) is 18.3 Å². The summed E-state index contributed by atoms with van der Waals surface area (Å²) >= 11 is 0. The summed E-state index contributed by atoms with van der Waals surface area (Å²) in [7, 11) is 0. The monoisotopic (exact) mass is 444 g/mol. The smallest absolute Gasteiger partial charge is 0.338 e. The van der Waals surface area contributed by atoms with Gasteiger partial charge in [0.05, 0.1) is 40.6 Å². The maximum atomic E-state index is 13.5. The Kier molecular flexibility index (Phi) is 5.91. The van der Waals surface area contributed by atoms with Crippen LogP contribution in [0.1, 0.15) is 23.7 Å². The van der Waals surface area contributed by atoms with Gasteiger partial charge in [0, 0.05) is 6.54 Å². The van der Waals surface area contributed by atoms with Crippen molar-refractivity contribution in [2.75, 3.05) is 6.54 Å². The second-order valence-electron chi connectivity index (χ2n) is 7.31. The van der Waals surface area contributed by atoms with Gasteiger partial charge in [-0.15, -0.1) is 0 Å². The molecule has 0 aliphatic heterocycles. The SMILES string of the molecule is CCNC(=O)n1c(-c2ccnn2-c2ccc(C#N)cc2)c(C)n(-c2cccc(CF)c2)c1=O. The van der Waals surface area contributed by atoms with Crippen LogP contribution in [-0.2, 0) is 6.67 Å². The van der Waals surface area contributed by atoms with Crippen LogP contribution in [0.25, 0.3) is 22.8 Å². The lowest BCUT2D eigenvalue weighted by Gasteiger charge is -2.11. The van der Waals surface area contributed by atoms with E-state index in [1.54, 1.807) is 79.3 Å². The highest BCUT2D eigenvalue weighted by molar-refractivity contribution is 5.83. The Labute approximate surface area is 189 Å². The Morgan fingerprint density at radius 2 is 1.91 bits per heavy atom. The average Bonchev–Trinajstić information content (AvgIpc) is 3.41. The van der Waals surface area contributed by atoms with Crippen LogP contribution in [0.15, 0.2) is 65.6 Å². The van der Waals surface area contributed by atoms with E-state index >= 15 is 0 Å². The van der Waals surface area contributed by atoms with E-state index in [0.29, 0.717) is 46.1 Å². The average molecular weight is 444 g/mol. The van der Waals surface area contributed by atoms with Crippen molar-refractivity contribution in [3.63, 3.8) is 0 Å². The molecule has 0 aliphatic rings. The maximum absolute atomic E-state index is 13.5. The van der Waals surface area contributed by atoms with Crippen LogP contribution < -0.4 is 11.0 Å².